The number of aromatic nitrogens is 1. The van der Waals surface area contributed by atoms with Gasteiger partial charge in [-0.15, -0.1) is 0 Å². The number of hydrogen-bond acceptors (Lipinski definition) is 4. The van der Waals surface area contributed by atoms with Crippen molar-refractivity contribution in [1.82, 2.24) is 4.98 Å². The summed E-state index contributed by atoms with van der Waals surface area (Å²) in [5.74, 6) is 0. The van der Waals surface area contributed by atoms with E-state index < -0.39 is 10.0 Å². The first-order valence-electron chi connectivity index (χ1n) is 5.66. The van der Waals surface area contributed by atoms with E-state index in [-0.39, 0.29) is 10.0 Å². The van der Waals surface area contributed by atoms with Crippen molar-refractivity contribution in [3.63, 3.8) is 0 Å². The molecule has 1 heterocycles. The lowest BCUT2D eigenvalue weighted by atomic mass is 10.2. The Morgan fingerprint density at radius 2 is 1.95 bits per heavy atom. The average Bonchev–Trinajstić information content (AvgIpc) is 2.49. The smallest absolute Gasteiger partial charge is 0.267 e. The van der Waals surface area contributed by atoms with Gasteiger partial charge < -0.3 is 0 Å². The van der Waals surface area contributed by atoms with Crippen molar-refractivity contribution in [2.24, 2.45) is 0 Å². The predicted molar refractivity (Wildman–Crippen MR) is 83.7 cm³/mol. The molecular weight excluding hydrogens is 378 g/mol. The normalized spacial score (nSPS) is 11.0. The van der Waals surface area contributed by atoms with Gasteiger partial charge >= 0.3 is 0 Å². The molecular formula is C13H9BrClN3O2S. The first-order chi connectivity index (χ1) is 9.86. The maximum Gasteiger partial charge on any atom is 0.267 e. The van der Waals surface area contributed by atoms with Crippen molar-refractivity contribution < 1.29 is 8.42 Å². The fraction of sp³-hybridized carbons (Fsp3) is 0.0769. The number of benzene rings is 1. The van der Waals surface area contributed by atoms with Gasteiger partial charge in [0, 0.05) is 17.7 Å². The first-order valence-corrected chi connectivity index (χ1v) is 8.27. The van der Waals surface area contributed by atoms with Gasteiger partial charge in [0.25, 0.3) is 10.0 Å². The Labute approximate surface area is 136 Å². The number of hydrogen-bond donors (Lipinski definition) is 0. The van der Waals surface area contributed by atoms with E-state index in [1.54, 1.807) is 24.3 Å². The summed E-state index contributed by atoms with van der Waals surface area (Å²) in [4.78, 5) is 3.73. The lowest BCUT2D eigenvalue weighted by Gasteiger charge is -2.20. The van der Waals surface area contributed by atoms with Crippen LogP contribution in [0.3, 0.4) is 0 Å². The van der Waals surface area contributed by atoms with Crippen LogP contribution < -0.4 is 4.31 Å². The van der Waals surface area contributed by atoms with Crippen LogP contribution in [0.25, 0.3) is 0 Å². The summed E-state index contributed by atoms with van der Waals surface area (Å²) in [6.07, 6.45) is 1.42. The van der Waals surface area contributed by atoms with Gasteiger partial charge in [-0.05, 0) is 46.3 Å². The Bertz CT molecular complexity index is 816. The van der Waals surface area contributed by atoms with Crippen molar-refractivity contribution in [2.45, 2.75) is 4.90 Å². The summed E-state index contributed by atoms with van der Waals surface area (Å²) in [5.41, 5.74) is 0.872. The van der Waals surface area contributed by atoms with E-state index in [4.69, 9.17) is 16.9 Å². The van der Waals surface area contributed by atoms with E-state index in [1.165, 1.54) is 19.3 Å². The van der Waals surface area contributed by atoms with Crippen LogP contribution in [0.5, 0.6) is 0 Å². The third kappa shape index (κ3) is 3.18. The third-order valence-corrected chi connectivity index (χ3v) is 5.42. The molecule has 0 atom stereocenters. The second-order valence-corrected chi connectivity index (χ2v) is 7.29. The van der Waals surface area contributed by atoms with Gasteiger partial charge in [0.1, 0.15) is 10.0 Å². The van der Waals surface area contributed by atoms with Crippen molar-refractivity contribution in [3.05, 3.63) is 51.7 Å². The monoisotopic (exact) mass is 385 g/mol. The molecule has 1 aromatic carbocycles. The van der Waals surface area contributed by atoms with Crippen molar-refractivity contribution in [3.8, 4) is 6.07 Å². The molecule has 0 N–H and O–H groups in total. The molecule has 21 heavy (non-hydrogen) atoms. The number of anilines is 1. The van der Waals surface area contributed by atoms with E-state index in [0.29, 0.717) is 15.7 Å². The van der Waals surface area contributed by atoms with Crippen LogP contribution >= 0.6 is 27.5 Å². The number of halogens is 2. The lowest BCUT2D eigenvalue weighted by Crippen LogP contribution is -2.27. The number of rotatable bonds is 3. The Morgan fingerprint density at radius 3 is 2.52 bits per heavy atom. The van der Waals surface area contributed by atoms with Crippen LogP contribution in [-0.4, -0.2) is 20.4 Å². The minimum Gasteiger partial charge on any atom is -0.269 e. The van der Waals surface area contributed by atoms with Crippen LogP contribution in [0, 0.1) is 11.3 Å². The molecule has 0 unspecified atom stereocenters. The molecule has 0 saturated carbocycles. The van der Waals surface area contributed by atoms with Crippen LogP contribution in [0.4, 0.5) is 5.69 Å². The van der Waals surface area contributed by atoms with Crippen molar-refractivity contribution >= 4 is 43.2 Å². The zero-order chi connectivity index (χ0) is 15.6. The van der Waals surface area contributed by atoms with Gasteiger partial charge in [0.05, 0.1) is 17.3 Å². The van der Waals surface area contributed by atoms with E-state index in [0.717, 1.165) is 4.31 Å². The average molecular weight is 387 g/mol. The Morgan fingerprint density at radius 1 is 1.33 bits per heavy atom. The van der Waals surface area contributed by atoms with Crippen LogP contribution in [-0.2, 0) is 10.0 Å². The largest absolute Gasteiger partial charge is 0.269 e. The molecule has 8 heteroatoms. The number of nitriles is 1. The molecule has 2 rings (SSSR count). The van der Waals surface area contributed by atoms with Gasteiger partial charge in [0.15, 0.2) is 0 Å². The van der Waals surface area contributed by atoms with Gasteiger partial charge in [-0.25, -0.2) is 13.4 Å². The van der Waals surface area contributed by atoms with E-state index in [9.17, 15) is 8.42 Å². The second-order valence-electron chi connectivity index (χ2n) is 4.07. The Balaban J connectivity index is 2.47. The maximum absolute atomic E-state index is 12.6. The van der Waals surface area contributed by atoms with Crippen LogP contribution in [0.15, 0.2) is 45.9 Å². The molecule has 5 nitrogen and oxygen atoms in total. The Hall–Kier alpha value is -1.62. The highest BCUT2D eigenvalue weighted by Crippen LogP contribution is 2.28. The summed E-state index contributed by atoms with van der Waals surface area (Å²) in [6, 6.07) is 9.56. The number of nitrogens with zero attached hydrogens (tertiary/aromatic N) is 3. The fourth-order valence-corrected chi connectivity index (χ4v) is 3.73. The zero-order valence-electron chi connectivity index (χ0n) is 10.8. The van der Waals surface area contributed by atoms with Crippen LogP contribution in [0.2, 0.25) is 5.15 Å². The molecule has 2 aromatic rings. The summed E-state index contributed by atoms with van der Waals surface area (Å²) in [5, 5.41) is 8.66. The minimum atomic E-state index is -3.84. The molecule has 0 aliphatic heterocycles. The molecule has 0 radical (unpaired) electrons. The number of pyridine rings is 1. The second kappa shape index (κ2) is 6.02. The van der Waals surface area contributed by atoms with Gasteiger partial charge in [-0.1, -0.05) is 11.6 Å². The number of sulfonamides is 1. The summed E-state index contributed by atoms with van der Waals surface area (Å²) >= 11 is 9.05. The van der Waals surface area contributed by atoms with Gasteiger partial charge in [-0.3, -0.25) is 4.31 Å². The highest BCUT2D eigenvalue weighted by Gasteiger charge is 2.25. The molecule has 1 aromatic heterocycles. The SMILES string of the molecule is CN(c1ccc(C#N)cc1)S(=O)(=O)c1cc(Br)cnc1Cl. The molecule has 0 bridgehead atoms. The summed E-state index contributed by atoms with van der Waals surface area (Å²) in [7, 11) is -2.43. The zero-order valence-corrected chi connectivity index (χ0v) is 13.9. The van der Waals surface area contributed by atoms with Crippen molar-refractivity contribution in [2.75, 3.05) is 11.4 Å². The highest BCUT2D eigenvalue weighted by molar-refractivity contribution is 9.10. The quantitative estimate of drug-likeness (QED) is 0.759. The topological polar surface area (TPSA) is 74.1 Å². The third-order valence-electron chi connectivity index (χ3n) is 2.77. The van der Waals surface area contributed by atoms with E-state index in [1.807, 2.05) is 6.07 Å². The van der Waals surface area contributed by atoms with Crippen LogP contribution in [0.1, 0.15) is 5.56 Å². The fourth-order valence-electron chi connectivity index (χ4n) is 1.62. The molecule has 0 aliphatic rings. The molecule has 0 aliphatic carbocycles. The highest BCUT2D eigenvalue weighted by atomic mass is 79.9. The Kier molecular flexibility index (Phi) is 4.52. The standard InChI is InChI=1S/C13H9BrClN3O2S/c1-18(11-4-2-9(7-16)3-5-11)21(19,20)12-6-10(14)8-17-13(12)15/h2-6,8H,1H3. The predicted octanol–water partition coefficient (Wildman–Crippen LogP) is 3.19. The molecule has 0 fully saturated rings. The van der Waals surface area contributed by atoms with Gasteiger partial charge in [-0.2, -0.15) is 5.26 Å². The lowest BCUT2D eigenvalue weighted by molar-refractivity contribution is 0.594. The molecule has 0 spiro atoms. The van der Waals surface area contributed by atoms with E-state index >= 15 is 0 Å². The molecule has 108 valence electrons. The van der Waals surface area contributed by atoms with E-state index in [2.05, 4.69) is 20.9 Å². The van der Waals surface area contributed by atoms with Crippen molar-refractivity contribution in [1.29, 1.82) is 5.26 Å². The molecule has 0 saturated heterocycles. The summed E-state index contributed by atoms with van der Waals surface area (Å²) in [6.45, 7) is 0. The maximum atomic E-state index is 12.6. The van der Waals surface area contributed by atoms with Gasteiger partial charge in [0.2, 0.25) is 0 Å². The summed E-state index contributed by atoms with van der Waals surface area (Å²) < 4.78 is 26.8. The minimum absolute atomic E-state index is 0.0922. The molecule has 0 amide bonds. The first kappa shape index (κ1) is 15.8.